The molecule has 0 spiro atoms. The van der Waals surface area contributed by atoms with Crippen LogP contribution in [-0.4, -0.2) is 258 Å². The first-order valence-corrected chi connectivity index (χ1v) is 33.5. The van der Waals surface area contributed by atoms with Crippen molar-refractivity contribution in [3.8, 4) is 0 Å². The molecule has 548 valence electrons. The number of aliphatic hydroxyl groups is 8. The maximum Gasteiger partial charge on any atom is 0.164 e. The Hall–Kier alpha value is -1.86. The lowest BCUT2D eigenvalue weighted by Crippen LogP contribution is -2.62. The molecule has 1 aromatic carbocycles. The average Bonchev–Trinajstić information content (AvgIpc) is 1.60. The summed E-state index contributed by atoms with van der Waals surface area (Å²) in [6.07, 6.45) is -14.5. The molecule has 15 rings (SSSR count). The fourth-order valence-corrected chi connectivity index (χ4v) is 16.1. The molecule has 8 N–H and O–H groups in total. The van der Waals surface area contributed by atoms with E-state index in [1.54, 1.807) is 48.5 Å². The predicted molar refractivity (Wildman–Crippen MR) is 336 cm³/mol. The summed E-state index contributed by atoms with van der Waals surface area (Å²) >= 11 is 0. The predicted octanol–water partition coefficient (Wildman–Crippen LogP) is 4.29. The van der Waals surface area contributed by atoms with Crippen LogP contribution >= 0.6 is 0 Å². The van der Waals surface area contributed by atoms with E-state index in [0.717, 1.165) is 5.56 Å². The number of fused-ring (bicyclic) bond motifs is 10. The van der Waals surface area contributed by atoms with E-state index < -0.39 is 156 Å². The van der Waals surface area contributed by atoms with Gasteiger partial charge in [0.05, 0.1) is 43.2 Å². The van der Waals surface area contributed by atoms with E-state index in [1.165, 1.54) is 0 Å². The van der Waals surface area contributed by atoms with Crippen molar-refractivity contribution >= 4 is 0 Å². The lowest BCUT2D eigenvalue weighted by molar-refractivity contribution is -0.190. The molecule has 94 heavy (non-hydrogen) atoms. The minimum absolute atomic E-state index is 0. The lowest BCUT2D eigenvalue weighted by atomic mass is 9.80. The normalized spacial score (nSPS) is 50.1. The summed E-state index contributed by atoms with van der Waals surface area (Å²) < 4.78 is 111. The summed E-state index contributed by atoms with van der Waals surface area (Å²) in [5.74, 6) is -6.73. The van der Waals surface area contributed by atoms with Gasteiger partial charge in [0.25, 0.3) is 0 Å². The monoisotopic (exact) mass is 1360 g/mol. The summed E-state index contributed by atoms with van der Waals surface area (Å²) in [6, 6.07) is 9.95. The molecule has 0 amide bonds. The van der Waals surface area contributed by atoms with Gasteiger partial charge in [0.15, 0.2) is 52.1 Å². The molecule has 9 aliphatic heterocycles. The Bertz CT molecular complexity index is 2510. The molecule has 14 aliphatic rings. The van der Waals surface area contributed by atoms with E-state index in [2.05, 4.69) is 6.92 Å². The van der Waals surface area contributed by atoms with Crippen LogP contribution in [0.15, 0.2) is 30.3 Å². The first kappa shape index (κ1) is 73.4. The van der Waals surface area contributed by atoms with Crippen LogP contribution in [0.4, 0.5) is 0 Å². The summed E-state index contributed by atoms with van der Waals surface area (Å²) in [5.41, 5.74) is 1.07. The fraction of sp³-hybridized carbons (Fsp3) is 0.910. The molecular formula is C67H118O27. The van der Waals surface area contributed by atoms with Crippen molar-refractivity contribution in [1.29, 1.82) is 0 Å². The Balaban J connectivity index is 0.000000195. The van der Waals surface area contributed by atoms with Crippen molar-refractivity contribution in [3.05, 3.63) is 35.9 Å². The number of hydrogen-bond donors (Lipinski definition) is 8. The highest BCUT2D eigenvalue weighted by Crippen LogP contribution is 2.51. The number of hydrogen-bond acceptors (Lipinski definition) is 27. The van der Waals surface area contributed by atoms with Crippen molar-refractivity contribution in [2.45, 2.75) is 369 Å². The van der Waals surface area contributed by atoms with Gasteiger partial charge in [-0.25, -0.2) is 0 Å². The van der Waals surface area contributed by atoms with Crippen molar-refractivity contribution in [2.24, 2.45) is 17.8 Å². The Morgan fingerprint density at radius 2 is 0.468 bits per heavy atom. The smallest absolute Gasteiger partial charge is 0.164 e. The van der Waals surface area contributed by atoms with Gasteiger partial charge in [-0.15, -0.1) is 0 Å². The van der Waals surface area contributed by atoms with Gasteiger partial charge in [-0.05, 0) is 130 Å². The maximum atomic E-state index is 10.8. The van der Waals surface area contributed by atoms with Crippen LogP contribution in [0.2, 0.25) is 0 Å². The van der Waals surface area contributed by atoms with Gasteiger partial charge in [-0.3, -0.25) is 0 Å². The molecule has 5 aliphatic carbocycles. The van der Waals surface area contributed by atoms with Gasteiger partial charge in [0, 0.05) is 24.9 Å². The van der Waals surface area contributed by atoms with E-state index in [1.807, 2.05) is 120 Å². The second-order valence-corrected chi connectivity index (χ2v) is 31.8. The van der Waals surface area contributed by atoms with Crippen molar-refractivity contribution in [2.75, 3.05) is 0 Å². The van der Waals surface area contributed by atoms with E-state index in [0.29, 0.717) is 6.61 Å². The largest absolute Gasteiger partial charge is 0.390 e. The van der Waals surface area contributed by atoms with Crippen LogP contribution in [0.5, 0.6) is 0 Å². The van der Waals surface area contributed by atoms with Crippen LogP contribution in [-0.2, 0) is 96.6 Å². The quantitative estimate of drug-likeness (QED) is 0.209. The number of aliphatic hydroxyl groups excluding tert-OH is 8. The molecule has 5 saturated carbocycles. The van der Waals surface area contributed by atoms with Gasteiger partial charge in [-0.2, -0.15) is 0 Å². The highest BCUT2D eigenvalue weighted by molar-refractivity contribution is 5.15. The Labute approximate surface area is 559 Å². The van der Waals surface area contributed by atoms with Crippen LogP contribution in [0, 0.1) is 17.8 Å². The highest BCUT2D eigenvalue weighted by atomic mass is 16.8. The Kier molecular flexibility index (Phi) is 20.0. The molecule has 9 heterocycles. The van der Waals surface area contributed by atoms with Crippen molar-refractivity contribution in [1.82, 2.24) is 0 Å². The molecule has 9 saturated heterocycles. The SMILES string of the molecule is CC1(C)O[C@@H]2C(O)[C@@H]3OC(C)(C)O[C@@H]3C(O)[C@@H]2O1.CC1(C)O[C@@H]2C(OCc3ccccc3)[C@@H]3OC(C)(C)O[C@@H]3C(O)[C@@H]2O1.CC1[C@H]2OC(C)(C)O[C@H]2C(O)[C@H]2OC(C)(C)O[C@@H]12.C[C@@H]1[C@H](O)[C@@H]2OC(C)(C)O[C@@H]2[C@@H]2OC(C)(C)O[C@H]12.C[C@@H]1[C@H](O)[C@H](O)[C@H](O)[C@@H]2OC(C)(C)O[C@H]12.[2HH].[2HH].[2HH].[2HH].[2HH]. The highest BCUT2D eigenvalue weighted by Gasteiger charge is 2.67. The zero-order chi connectivity index (χ0) is 69.1. The molecular weight excluding hydrogens is 1240 g/mol. The lowest BCUT2D eigenvalue weighted by Gasteiger charge is -2.40. The molecule has 1 aromatic rings. The average molecular weight is 1360 g/mol. The standard InChI is InChI=1S/C19H26O6.2C13H22O5.C12H20O6.C10H18O5.5H2/c1-18(2)22-13-12(20)14-17(25-19(3,4)23-14)15(16(13)24-18)21-10-11-8-6-5-7-9-11;1-6-8-10(17-12(2,3)15-8)7(14)11-9(6)16-13(4,5)18-11;1-6-7(14)9-11(18-13(4,5)16-9)10-8(6)15-12(2,3)17-10;1-11(2)15-7-5(13)9-10(6(14)8(7)16-11)18-12(3,4)17-9;1-4-5(11)6(12)7(13)9-8(4)14-10(2,3)15-9;;;;;/h5-9,12-17,20H,10H2,1-4H3;2*6-11,14H,1-5H3;5-10,13-14H,1-4H3;4-9,11-13H,1-3H3;5*1H/t12?,13-,14+,15?,16-,17+;6?,7?,8-,9+,10+,11-;6-,7+,8-,9+,10-,11+;5?,6?,7-,8+,9+,10-;4-,5+,6+,7+,8-,9+;;;;;/m..1.1...../s1/i;;;;;5*1+1. The van der Waals surface area contributed by atoms with E-state index >= 15 is 0 Å². The third kappa shape index (κ3) is 14.6. The van der Waals surface area contributed by atoms with Gasteiger partial charge in [0.1, 0.15) is 128 Å². The van der Waals surface area contributed by atoms with Crippen LogP contribution in [0.25, 0.3) is 0 Å². The van der Waals surface area contributed by atoms with Crippen molar-refractivity contribution in [3.63, 3.8) is 0 Å². The second kappa shape index (κ2) is 25.6. The third-order valence-electron chi connectivity index (χ3n) is 19.9. The molecule has 30 atom stereocenters. The number of benzene rings is 1. The van der Waals surface area contributed by atoms with Gasteiger partial charge in [-0.1, -0.05) is 51.1 Å². The summed E-state index contributed by atoms with van der Waals surface area (Å²) in [7, 11) is 0. The molecule has 6 unspecified atom stereocenters. The summed E-state index contributed by atoms with van der Waals surface area (Å²) in [5, 5.41) is 81.2. The second-order valence-electron chi connectivity index (χ2n) is 31.8. The first-order valence-electron chi connectivity index (χ1n) is 33.5. The molecule has 0 aromatic heterocycles. The van der Waals surface area contributed by atoms with Gasteiger partial charge in [0.2, 0.25) is 0 Å². The van der Waals surface area contributed by atoms with Crippen LogP contribution in [0.3, 0.4) is 0 Å². The minimum Gasteiger partial charge on any atom is -0.390 e. The minimum atomic E-state index is -1.17. The Morgan fingerprint density at radius 3 is 0.798 bits per heavy atom. The fourth-order valence-electron chi connectivity index (χ4n) is 16.1. The first-order chi connectivity index (χ1) is 43.2. The van der Waals surface area contributed by atoms with E-state index in [-0.39, 0.29) is 85.9 Å². The third-order valence-corrected chi connectivity index (χ3v) is 19.9. The van der Waals surface area contributed by atoms with Gasteiger partial charge < -0.3 is 131 Å². The summed E-state index contributed by atoms with van der Waals surface area (Å²) in [4.78, 5) is 0. The van der Waals surface area contributed by atoms with Crippen LogP contribution in [0.1, 0.15) is 158 Å². The van der Waals surface area contributed by atoms with E-state index in [9.17, 15) is 40.9 Å². The molecule has 0 bridgehead atoms. The maximum absolute atomic E-state index is 10.8. The number of ether oxygens (including phenoxy) is 19. The van der Waals surface area contributed by atoms with Gasteiger partial charge >= 0.3 is 0 Å². The van der Waals surface area contributed by atoms with E-state index in [4.69, 9.17) is 90.0 Å². The summed E-state index contributed by atoms with van der Waals surface area (Å²) in [6.45, 7) is 39.1. The molecule has 14 fully saturated rings. The van der Waals surface area contributed by atoms with Crippen molar-refractivity contribution < 1.29 is 138 Å². The topological polar surface area (TPSA) is 337 Å². The zero-order valence-corrected chi connectivity index (χ0v) is 58.2. The molecule has 0 radical (unpaired) electrons. The molecule has 27 heteroatoms. The van der Waals surface area contributed by atoms with Crippen LogP contribution < -0.4 is 0 Å². The molecule has 27 nitrogen and oxygen atoms in total. The Morgan fingerprint density at radius 1 is 0.255 bits per heavy atom. The number of rotatable bonds is 3. The zero-order valence-electron chi connectivity index (χ0n) is 58.2.